The van der Waals surface area contributed by atoms with E-state index in [1.165, 1.54) is 0 Å². The second kappa shape index (κ2) is 5.59. The monoisotopic (exact) mass is 247 g/mol. The van der Waals surface area contributed by atoms with Gasteiger partial charge in [-0.1, -0.05) is 26.0 Å². The summed E-state index contributed by atoms with van der Waals surface area (Å²) in [4.78, 5) is 0. The lowest BCUT2D eigenvalue weighted by atomic mass is 10.3. The maximum atomic E-state index is 5.31. The zero-order valence-electron chi connectivity index (χ0n) is 10.8. The first kappa shape index (κ1) is 12.5. The average molecular weight is 247 g/mol. The molecule has 0 aliphatic rings. The van der Waals surface area contributed by atoms with Crippen LogP contribution in [0, 0.1) is 0 Å². The number of nitrogens with zero attached hydrogens (tertiary/aromatic N) is 4. The maximum Gasteiger partial charge on any atom is 0.170 e. The fraction of sp³-hybridized carbons (Fsp3) is 0.417. The van der Waals surface area contributed by atoms with E-state index in [2.05, 4.69) is 34.7 Å². The molecule has 0 saturated carbocycles. The van der Waals surface area contributed by atoms with Gasteiger partial charge in [0, 0.05) is 6.04 Å². The molecule has 1 aromatic heterocycles. The Bertz CT molecular complexity index is 509. The number of para-hydroxylation sites is 2. The second-order valence-corrected chi connectivity index (χ2v) is 4.21. The summed E-state index contributed by atoms with van der Waals surface area (Å²) in [5, 5.41) is 15.0. The summed E-state index contributed by atoms with van der Waals surface area (Å²) in [7, 11) is 1.63. The predicted octanol–water partition coefficient (Wildman–Crippen LogP) is 1.17. The van der Waals surface area contributed by atoms with Gasteiger partial charge in [0.1, 0.15) is 11.4 Å². The molecule has 0 bridgehead atoms. The van der Waals surface area contributed by atoms with Crippen molar-refractivity contribution in [3.63, 3.8) is 0 Å². The molecule has 6 heteroatoms. The first-order valence-corrected chi connectivity index (χ1v) is 5.86. The quantitative estimate of drug-likeness (QED) is 0.859. The first-order chi connectivity index (χ1) is 8.72. The Balaban J connectivity index is 2.30. The number of hydrogen-bond acceptors (Lipinski definition) is 5. The standard InChI is InChI=1S/C12H17N5O/c1-9(2)13-8-12-14-15-16-17(12)10-6-4-5-7-11(10)18-3/h4-7,9,13H,8H2,1-3H3. The van der Waals surface area contributed by atoms with Crippen LogP contribution in [-0.2, 0) is 6.54 Å². The van der Waals surface area contributed by atoms with E-state index < -0.39 is 0 Å². The summed E-state index contributed by atoms with van der Waals surface area (Å²) in [6, 6.07) is 8.04. The van der Waals surface area contributed by atoms with Gasteiger partial charge in [-0.25, -0.2) is 0 Å². The van der Waals surface area contributed by atoms with Crippen LogP contribution in [0.4, 0.5) is 0 Å². The zero-order valence-corrected chi connectivity index (χ0v) is 10.8. The van der Waals surface area contributed by atoms with Gasteiger partial charge in [-0.2, -0.15) is 4.68 Å². The van der Waals surface area contributed by atoms with E-state index in [0.29, 0.717) is 12.6 Å². The van der Waals surface area contributed by atoms with Gasteiger partial charge < -0.3 is 10.1 Å². The van der Waals surface area contributed by atoms with Crippen molar-refractivity contribution in [1.82, 2.24) is 25.5 Å². The molecule has 0 radical (unpaired) electrons. The Morgan fingerprint density at radius 1 is 1.33 bits per heavy atom. The summed E-state index contributed by atoms with van der Waals surface area (Å²) in [6.07, 6.45) is 0. The molecular weight excluding hydrogens is 230 g/mol. The number of benzene rings is 1. The van der Waals surface area contributed by atoms with Crippen molar-refractivity contribution in [3.05, 3.63) is 30.1 Å². The molecule has 96 valence electrons. The minimum Gasteiger partial charge on any atom is -0.494 e. The van der Waals surface area contributed by atoms with Gasteiger partial charge in [0.15, 0.2) is 5.82 Å². The van der Waals surface area contributed by atoms with Crippen molar-refractivity contribution < 1.29 is 4.74 Å². The minimum atomic E-state index is 0.382. The summed E-state index contributed by atoms with van der Waals surface area (Å²) >= 11 is 0. The van der Waals surface area contributed by atoms with Crippen LogP contribution >= 0.6 is 0 Å². The fourth-order valence-corrected chi connectivity index (χ4v) is 1.60. The molecule has 0 aliphatic heterocycles. The molecule has 0 aliphatic carbocycles. The normalized spacial score (nSPS) is 10.9. The summed E-state index contributed by atoms with van der Waals surface area (Å²) in [6.45, 7) is 4.77. The number of rotatable bonds is 5. The van der Waals surface area contributed by atoms with Crippen molar-refractivity contribution in [2.75, 3.05) is 7.11 Å². The molecule has 0 spiro atoms. The van der Waals surface area contributed by atoms with Crippen molar-refractivity contribution in [3.8, 4) is 11.4 Å². The van der Waals surface area contributed by atoms with E-state index in [9.17, 15) is 0 Å². The maximum absolute atomic E-state index is 5.31. The molecular formula is C12H17N5O. The largest absolute Gasteiger partial charge is 0.494 e. The lowest BCUT2D eigenvalue weighted by Crippen LogP contribution is -2.24. The molecule has 1 aromatic carbocycles. The second-order valence-electron chi connectivity index (χ2n) is 4.21. The van der Waals surface area contributed by atoms with Crippen LogP contribution in [0.5, 0.6) is 5.75 Å². The molecule has 2 aromatic rings. The third-order valence-corrected chi connectivity index (χ3v) is 2.52. The van der Waals surface area contributed by atoms with Crippen molar-refractivity contribution in [2.45, 2.75) is 26.4 Å². The Hall–Kier alpha value is -1.95. The smallest absolute Gasteiger partial charge is 0.170 e. The van der Waals surface area contributed by atoms with Crippen LogP contribution in [-0.4, -0.2) is 33.4 Å². The van der Waals surface area contributed by atoms with E-state index in [1.54, 1.807) is 11.8 Å². The van der Waals surface area contributed by atoms with Crippen LogP contribution in [0.2, 0.25) is 0 Å². The molecule has 18 heavy (non-hydrogen) atoms. The molecule has 0 unspecified atom stereocenters. The van der Waals surface area contributed by atoms with E-state index in [-0.39, 0.29) is 0 Å². The Morgan fingerprint density at radius 2 is 2.11 bits per heavy atom. The highest BCUT2D eigenvalue weighted by atomic mass is 16.5. The molecule has 0 fully saturated rings. The highest BCUT2D eigenvalue weighted by molar-refractivity contribution is 5.46. The van der Waals surface area contributed by atoms with Crippen LogP contribution in [0.15, 0.2) is 24.3 Å². The molecule has 0 amide bonds. The topological polar surface area (TPSA) is 64.9 Å². The Kier molecular flexibility index (Phi) is 3.88. The molecule has 1 heterocycles. The van der Waals surface area contributed by atoms with Crippen LogP contribution in [0.25, 0.3) is 5.69 Å². The molecule has 1 N–H and O–H groups in total. The fourth-order valence-electron chi connectivity index (χ4n) is 1.60. The van der Waals surface area contributed by atoms with Gasteiger partial charge in [-0.05, 0) is 22.6 Å². The van der Waals surface area contributed by atoms with Crippen LogP contribution in [0.1, 0.15) is 19.7 Å². The summed E-state index contributed by atoms with van der Waals surface area (Å²) < 4.78 is 7.00. The number of tetrazole rings is 1. The lowest BCUT2D eigenvalue weighted by Gasteiger charge is -2.10. The minimum absolute atomic E-state index is 0.382. The van der Waals surface area contributed by atoms with Crippen molar-refractivity contribution in [2.24, 2.45) is 0 Å². The van der Waals surface area contributed by atoms with Crippen molar-refractivity contribution in [1.29, 1.82) is 0 Å². The Morgan fingerprint density at radius 3 is 2.83 bits per heavy atom. The number of aromatic nitrogens is 4. The predicted molar refractivity (Wildman–Crippen MR) is 67.7 cm³/mol. The van der Waals surface area contributed by atoms with Crippen molar-refractivity contribution >= 4 is 0 Å². The van der Waals surface area contributed by atoms with Gasteiger partial charge in [-0.15, -0.1) is 5.10 Å². The number of ether oxygens (including phenoxy) is 1. The van der Waals surface area contributed by atoms with Gasteiger partial charge in [0.25, 0.3) is 0 Å². The number of hydrogen-bond donors (Lipinski definition) is 1. The summed E-state index contributed by atoms with van der Waals surface area (Å²) in [5.41, 5.74) is 0.838. The SMILES string of the molecule is COc1ccccc1-n1nnnc1CNC(C)C. The molecule has 2 rings (SSSR count). The summed E-state index contributed by atoms with van der Waals surface area (Å²) in [5.74, 6) is 1.50. The Labute approximate surface area is 106 Å². The van der Waals surface area contributed by atoms with Gasteiger partial charge in [0.2, 0.25) is 0 Å². The van der Waals surface area contributed by atoms with E-state index in [0.717, 1.165) is 17.3 Å². The highest BCUT2D eigenvalue weighted by Crippen LogP contribution is 2.21. The number of nitrogens with one attached hydrogen (secondary N) is 1. The number of methoxy groups -OCH3 is 1. The van der Waals surface area contributed by atoms with E-state index in [4.69, 9.17) is 4.74 Å². The van der Waals surface area contributed by atoms with Gasteiger partial charge in [-0.3, -0.25) is 0 Å². The van der Waals surface area contributed by atoms with Gasteiger partial charge >= 0.3 is 0 Å². The third-order valence-electron chi connectivity index (χ3n) is 2.52. The first-order valence-electron chi connectivity index (χ1n) is 5.86. The molecule has 0 saturated heterocycles. The molecule has 6 nitrogen and oxygen atoms in total. The van der Waals surface area contributed by atoms with E-state index in [1.807, 2.05) is 24.3 Å². The van der Waals surface area contributed by atoms with Crippen LogP contribution < -0.4 is 10.1 Å². The van der Waals surface area contributed by atoms with E-state index >= 15 is 0 Å². The average Bonchev–Trinajstić information content (AvgIpc) is 2.84. The van der Waals surface area contributed by atoms with Crippen LogP contribution in [0.3, 0.4) is 0 Å². The lowest BCUT2D eigenvalue weighted by molar-refractivity contribution is 0.410. The molecule has 0 atom stereocenters. The van der Waals surface area contributed by atoms with Gasteiger partial charge in [0.05, 0.1) is 13.7 Å². The highest BCUT2D eigenvalue weighted by Gasteiger charge is 2.12. The zero-order chi connectivity index (χ0) is 13.0. The third kappa shape index (κ3) is 2.65.